The zero-order valence-electron chi connectivity index (χ0n) is 21.4. The maximum absolute atomic E-state index is 12.9. The standard InChI is InChI=1S/C30H46N2O/c1-4-5-6-7-8-9-10-11-12-13-14-15-16-17-18-23-30(33)32-26-27(24-25-31(2)3)28-21-19-20-22-29(28)32/h8-9,11-12,19-22,26H,4-7,10,13-18,23-25H2,1-3H3/b9-8-,12-11-. The van der Waals surface area contributed by atoms with Crippen molar-refractivity contribution in [3.8, 4) is 0 Å². The molecule has 0 aliphatic carbocycles. The lowest BCUT2D eigenvalue weighted by molar-refractivity contribution is 0.0904. The fraction of sp³-hybridized carbons (Fsp3) is 0.567. The van der Waals surface area contributed by atoms with Crippen molar-refractivity contribution in [2.24, 2.45) is 0 Å². The van der Waals surface area contributed by atoms with Crippen LogP contribution < -0.4 is 0 Å². The Morgan fingerprint density at radius 2 is 1.55 bits per heavy atom. The highest BCUT2D eigenvalue weighted by atomic mass is 16.2. The minimum atomic E-state index is 0.230. The molecule has 33 heavy (non-hydrogen) atoms. The normalized spacial score (nSPS) is 12.1. The van der Waals surface area contributed by atoms with Crippen molar-refractivity contribution in [3.63, 3.8) is 0 Å². The number of hydrogen-bond donors (Lipinski definition) is 0. The first kappa shape index (κ1) is 27.1. The first-order chi connectivity index (χ1) is 16.1. The van der Waals surface area contributed by atoms with Gasteiger partial charge in [-0.15, -0.1) is 0 Å². The van der Waals surface area contributed by atoms with Crippen LogP contribution in [0, 0.1) is 0 Å². The maximum atomic E-state index is 12.9. The Hall–Kier alpha value is -2.13. The Morgan fingerprint density at radius 1 is 0.879 bits per heavy atom. The Kier molecular flexibility index (Phi) is 13.5. The van der Waals surface area contributed by atoms with Gasteiger partial charge in [0.1, 0.15) is 0 Å². The van der Waals surface area contributed by atoms with Crippen LogP contribution in [0.1, 0.15) is 94.3 Å². The number of likely N-dealkylation sites (N-methyl/N-ethyl adjacent to an activating group) is 1. The monoisotopic (exact) mass is 450 g/mol. The quantitative estimate of drug-likeness (QED) is 0.179. The molecule has 0 bridgehead atoms. The van der Waals surface area contributed by atoms with Gasteiger partial charge in [-0.1, -0.05) is 81.5 Å². The average molecular weight is 451 g/mol. The molecule has 182 valence electrons. The SMILES string of the molecule is CCCCC/C=C\C/C=C\CCCCCCCC(=O)n1cc(CCN(C)C)c2ccccc21. The highest BCUT2D eigenvalue weighted by Crippen LogP contribution is 2.23. The molecule has 2 rings (SSSR count). The van der Waals surface area contributed by atoms with E-state index < -0.39 is 0 Å². The van der Waals surface area contributed by atoms with E-state index in [1.807, 2.05) is 10.6 Å². The molecule has 2 aromatic rings. The molecular weight excluding hydrogens is 404 g/mol. The first-order valence-corrected chi connectivity index (χ1v) is 13.2. The number of aromatic nitrogens is 1. The van der Waals surface area contributed by atoms with Gasteiger partial charge in [-0.05, 0) is 70.7 Å². The summed E-state index contributed by atoms with van der Waals surface area (Å²) in [6.45, 7) is 3.24. The third kappa shape index (κ3) is 10.6. The number of allylic oxidation sites excluding steroid dienone is 4. The third-order valence-electron chi connectivity index (χ3n) is 6.23. The molecule has 0 aliphatic rings. The van der Waals surface area contributed by atoms with Gasteiger partial charge in [0.15, 0.2) is 0 Å². The Balaban J connectivity index is 1.61. The van der Waals surface area contributed by atoms with Crippen LogP contribution in [-0.2, 0) is 6.42 Å². The van der Waals surface area contributed by atoms with E-state index in [-0.39, 0.29) is 5.91 Å². The summed E-state index contributed by atoms with van der Waals surface area (Å²) in [5.74, 6) is 0.230. The van der Waals surface area contributed by atoms with E-state index in [2.05, 4.69) is 74.6 Å². The second kappa shape index (κ2) is 16.5. The number of carbonyl (C=O) groups excluding carboxylic acids is 1. The van der Waals surface area contributed by atoms with Gasteiger partial charge in [-0.3, -0.25) is 9.36 Å². The van der Waals surface area contributed by atoms with Crippen LogP contribution in [0.3, 0.4) is 0 Å². The van der Waals surface area contributed by atoms with Crippen LogP contribution in [0.4, 0.5) is 0 Å². The number of para-hydroxylation sites is 1. The van der Waals surface area contributed by atoms with E-state index in [1.165, 1.54) is 62.3 Å². The summed E-state index contributed by atoms with van der Waals surface area (Å²) in [6, 6.07) is 8.31. The largest absolute Gasteiger partial charge is 0.309 e. The van der Waals surface area contributed by atoms with Gasteiger partial charge in [0.2, 0.25) is 5.91 Å². The highest BCUT2D eigenvalue weighted by Gasteiger charge is 2.13. The molecule has 1 aromatic heterocycles. The summed E-state index contributed by atoms with van der Waals surface area (Å²) < 4.78 is 1.89. The number of hydrogen-bond acceptors (Lipinski definition) is 2. The molecule has 0 atom stereocenters. The van der Waals surface area contributed by atoms with E-state index in [1.54, 1.807) is 0 Å². The van der Waals surface area contributed by atoms with Crippen molar-refractivity contribution < 1.29 is 4.79 Å². The van der Waals surface area contributed by atoms with E-state index in [9.17, 15) is 4.79 Å². The summed E-state index contributed by atoms with van der Waals surface area (Å²) in [4.78, 5) is 15.1. The molecule has 3 nitrogen and oxygen atoms in total. The molecule has 0 N–H and O–H groups in total. The third-order valence-corrected chi connectivity index (χ3v) is 6.23. The number of carbonyl (C=O) groups is 1. The van der Waals surface area contributed by atoms with Crippen LogP contribution in [0.2, 0.25) is 0 Å². The summed E-state index contributed by atoms with van der Waals surface area (Å²) in [5.41, 5.74) is 2.33. The van der Waals surface area contributed by atoms with E-state index in [0.717, 1.165) is 37.7 Å². The maximum Gasteiger partial charge on any atom is 0.231 e. The van der Waals surface area contributed by atoms with Crippen molar-refractivity contribution in [1.82, 2.24) is 9.47 Å². The van der Waals surface area contributed by atoms with Crippen molar-refractivity contribution >= 4 is 16.8 Å². The highest BCUT2D eigenvalue weighted by molar-refractivity contribution is 5.94. The zero-order valence-corrected chi connectivity index (χ0v) is 21.4. The van der Waals surface area contributed by atoms with Crippen LogP contribution in [0.5, 0.6) is 0 Å². The van der Waals surface area contributed by atoms with Crippen LogP contribution in [0.25, 0.3) is 10.9 Å². The lowest BCUT2D eigenvalue weighted by Gasteiger charge is -2.07. The smallest absolute Gasteiger partial charge is 0.231 e. The van der Waals surface area contributed by atoms with E-state index in [4.69, 9.17) is 0 Å². The van der Waals surface area contributed by atoms with Crippen molar-refractivity contribution in [2.45, 2.75) is 90.4 Å². The zero-order chi connectivity index (χ0) is 23.7. The topological polar surface area (TPSA) is 25.2 Å². The summed E-state index contributed by atoms with van der Waals surface area (Å²) >= 11 is 0. The molecule has 0 aliphatic heterocycles. The molecule has 3 heteroatoms. The Morgan fingerprint density at radius 3 is 2.27 bits per heavy atom. The van der Waals surface area contributed by atoms with Crippen LogP contribution in [-0.4, -0.2) is 36.0 Å². The van der Waals surface area contributed by atoms with Gasteiger partial charge in [0.05, 0.1) is 5.52 Å². The molecule has 0 unspecified atom stereocenters. The molecule has 0 spiro atoms. The number of nitrogens with zero attached hydrogens (tertiary/aromatic N) is 2. The van der Waals surface area contributed by atoms with Gasteiger partial charge in [0, 0.05) is 24.5 Å². The number of rotatable bonds is 17. The van der Waals surface area contributed by atoms with Crippen molar-refractivity contribution in [1.29, 1.82) is 0 Å². The van der Waals surface area contributed by atoms with Crippen LogP contribution >= 0.6 is 0 Å². The number of benzene rings is 1. The van der Waals surface area contributed by atoms with Crippen molar-refractivity contribution in [2.75, 3.05) is 20.6 Å². The van der Waals surface area contributed by atoms with E-state index >= 15 is 0 Å². The molecule has 0 fully saturated rings. The predicted octanol–water partition coefficient (Wildman–Crippen LogP) is 8.20. The van der Waals surface area contributed by atoms with Crippen molar-refractivity contribution in [3.05, 3.63) is 60.3 Å². The summed E-state index contributed by atoms with van der Waals surface area (Å²) in [7, 11) is 4.18. The number of unbranched alkanes of at least 4 members (excludes halogenated alkanes) is 8. The Labute approximate surface area is 202 Å². The van der Waals surface area contributed by atoms with Gasteiger partial charge in [0.25, 0.3) is 0 Å². The molecule has 1 heterocycles. The summed E-state index contributed by atoms with van der Waals surface area (Å²) in [6.07, 6.45) is 26.2. The van der Waals surface area contributed by atoms with E-state index in [0.29, 0.717) is 6.42 Å². The molecule has 0 radical (unpaired) electrons. The average Bonchev–Trinajstić information content (AvgIpc) is 3.19. The summed E-state index contributed by atoms with van der Waals surface area (Å²) in [5, 5.41) is 1.22. The van der Waals surface area contributed by atoms with Gasteiger partial charge in [-0.2, -0.15) is 0 Å². The molecule has 0 saturated heterocycles. The fourth-order valence-electron chi connectivity index (χ4n) is 4.21. The molecule has 1 aromatic carbocycles. The number of fused-ring (bicyclic) bond motifs is 1. The second-order valence-corrected chi connectivity index (χ2v) is 9.47. The fourth-order valence-corrected chi connectivity index (χ4v) is 4.21. The lowest BCUT2D eigenvalue weighted by atomic mass is 10.1. The van der Waals surface area contributed by atoms with Gasteiger partial charge in [-0.25, -0.2) is 0 Å². The molecule has 0 amide bonds. The molecule has 0 saturated carbocycles. The Bertz CT molecular complexity index is 859. The van der Waals surface area contributed by atoms with Gasteiger partial charge >= 0.3 is 0 Å². The van der Waals surface area contributed by atoms with Crippen LogP contribution in [0.15, 0.2) is 54.8 Å². The first-order valence-electron chi connectivity index (χ1n) is 13.2. The second-order valence-electron chi connectivity index (χ2n) is 9.47. The predicted molar refractivity (Wildman–Crippen MR) is 144 cm³/mol. The molecular formula is C30H46N2O. The lowest BCUT2D eigenvalue weighted by Crippen LogP contribution is -2.15. The minimum Gasteiger partial charge on any atom is -0.309 e. The van der Waals surface area contributed by atoms with Gasteiger partial charge < -0.3 is 4.90 Å². The minimum absolute atomic E-state index is 0.230.